The van der Waals surface area contributed by atoms with Gasteiger partial charge >= 0.3 is 23.5 Å². The van der Waals surface area contributed by atoms with Crippen LogP contribution in [0.25, 0.3) is 11.0 Å². The van der Waals surface area contributed by atoms with Crippen LogP contribution >= 0.6 is 23.5 Å². The van der Waals surface area contributed by atoms with Crippen molar-refractivity contribution in [2.24, 2.45) is 5.92 Å². The van der Waals surface area contributed by atoms with Crippen molar-refractivity contribution in [1.82, 2.24) is 14.5 Å². The number of aromatic nitrogens is 3. The Morgan fingerprint density at radius 1 is 1.15 bits per heavy atom. The normalized spacial score (nSPS) is 21.6. The molecular formula is C24H34N5O16P3. The first-order valence-corrected chi connectivity index (χ1v) is 18.5. The van der Waals surface area contributed by atoms with Gasteiger partial charge in [0.2, 0.25) is 0 Å². The first-order valence-electron chi connectivity index (χ1n) is 13.9. The average molecular weight is 741 g/mol. The summed E-state index contributed by atoms with van der Waals surface area (Å²) in [6.07, 6.45) is -1.21. The monoisotopic (exact) mass is 741 g/mol. The van der Waals surface area contributed by atoms with Gasteiger partial charge in [-0.2, -0.15) is 8.62 Å². The summed E-state index contributed by atoms with van der Waals surface area (Å²) in [5.74, 6) is 0.471. The lowest BCUT2D eigenvalue weighted by Crippen LogP contribution is -2.26. The predicted octanol–water partition coefficient (Wildman–Crippen LogP) is 3.23. The van der Waals surface area contributed by atoms with E-state index in [-0.39, 0.29) is 36.1 Å². The number of rotatable bonds is 16. The fourth-order valence-electron chi connectivity index (χ4n) is 5.01. The van der Waals surface area contributed by atoms with Gasteiger partial charge < -0.3 is 49.2 Å². The van der Waals surface area contributed by atoms with Crippen LogP contribution in [0.1, 0.15) is 50.1 Å². The molecule has 6 atom stereocenters. The number of methoxy groups -OCH3 is 1. The van der Waals surface area contributed by atoms with Crippen LogP contribution in [0.3, 0.4) is 0 Å². The molecule has 3 heterocycles. The molecule has 1 aliphatic rings. The Balaban J connectivity index is 1.54. The summed E-state index contributed by atoms with van der Waals surface area (Å²) >= 11 is 0. The van der Waals surface area contributed by atoms with Crippen LogP contribution in [0.15, 0.2) is 30.7 Å². The standard InChI is InChI=1S/C24H34N5O16P3/c1-13(2)6-19(16-5-4-15(40-3)7-17(16)29(31)32)41-10-14-9-28(24-22(14)23(25)26-12-27-24)21-8-18(30)20(43-21)11-42-47(36,37)45-48(38,39)44-46(33,34)35/h4-5,7,9,12-13,18-21,30H,6,8,10-11H2,1-3H3,(H,36,37)(H,38,39)(H2,25,26,27)(H2,33,34,35)/t18-,19-,20-,21-/m1/s1. The molecule has 0 amide bonds. The highest BCUT2D eigenvalue weighted by Gasteiger charge is 2.43. The molecule has 0 bridgehead atoms. The van der Waals surface area contributed by atoms with Gasteiger partial charge in [-0.15, -0.1) is 0 Å². The Kier molecular flexibility index (Phi) is 11.8. The van der Waals surface area contributed by atoms with Gasteiger partial charge in [0.25, 0.3) is 5.69 Å². The second kappa shape index (κ2) is 14.9. The largest absolute Gasteiger partial charge is 0.497 e. The highest BCUT2D eigenvalue weighted by Crippen LogP contribution is 2.66. The summed E-state index contributed by atoms with van der Waals surface area (Å²) in [7, 11) is -15.4. The molecule has 48 heavy (non-hydrogen) atoms. The lowest BCUT2D eigenvalue weighted by molar-refractivity contribution is -0.386. The number of nitro groups is 1. The van der Waals surface area contributed by atoms with Crippen molar-refractivity contribution < 1.29 is 70.7 Å². The van der Waals surface area contributed by atoms with E-state index >= 15 is 0 Å². The zero-order valence-corrected chi connectivity index (χ0v) is 28.2. The van der Waals surface area contributed by atoms with Gasteiger partial charge in [-0.05, 0) is 24.5 Å². The number of aliphatic hydroxyl groups is 1. The molecule has 4 rings (SSSR count). The number of anilines is 1. The summed E-state index contributed by atoms with van der Waals surface area (Å²) < 4.78 is 65.3. The van der Waals surface area contributed by atoms with E-state index in [0.29, 0.717) is 28.7 Å². The molecule has 266 valence electrons. The number of ether oxygens (including phenoxy) is 3. The molecule has 0 spiro atoms. The van der Waals surface area contributed by atoms with E-state index in [4.69, 9.17) is 29.7 Å². The first-order chi connectivity index (χ1) is 22.3. The Morgan fingerprint density at radius 3 is 2.48 bits per heavy atom. The number of phosphoric ester groups is 1. The maximum absolute atomic E-state index is 12.1. The molecule has 2 unspecified atom stereocenters. The van der Waals surface area contributed by atoms with E-state index in [9.17, 15) is 38.7 Å². The SMILES string of the molecule is COc1ccc([C@@H](CC(C)C)OCc2cn([C@H]3C[C@@H](O)[C@@H](COP(=O)(O)OP(=O)(O)OP(=O)(O)O)O3)c3ncnc(N)c23)c([N+](=O)[O-])c1. The second-order valence-corrected chi connectivity index (χ2v) is 15.4. The third-order valence-corrected chi connectivity index (χ3v) is 10.8. The molecule has 0 saturated carbocycles. The minimum absolute atomic E-state index is 0.0796. The number of aliphatic hydroxyl groups excluding tert-OH is 1. The number of hydrogen-bond acceptors (Lipinski definition) is 15. The number of hydrogen-bond donors (Lipinski definition) is 6. The molecule has 2 aromatic heterocycles. The molecule has 1 aliphatic heterocycles. The highest BCUT2D eigenvalue weighted by molar-refractivity contribution is 7.66. The van der Waals surface area contributed by atoms with Gasteiger partial charge in [0, 0.05) is 18.2 Å². The first kappa shape index (κ1) is 37.9. The van der Waals surface area contributed by atoms with E-state index in [1.54, 1.807) is 18.3 Å². The van der Waals surface area contributed by atoms with Crippen LogP contribution in [0.5, 0.6) is 5.75 Å². The van der Waals surface area contributed by atoms with Gasteiger partial charge in [0.05, 0.1) is 54.5 Å². The van der Waals surface area contributed by atoms with Gasteiger partial charge in [0.15, 0.2) is 0 Å². The number of benzene rings is 1. The van der Waals surface area contributed by atoms with Crippen LogP contribution in [0, 0.1) is 16.0 Å². The fraction of sp³-hybridized carbons (Fsp3) is 0.500. The topological polar surface area (TPSA) is 308 Å². The quantitative estimate of drug-likeness (QED) is 0.0697. The van der Waals surface area contributed by atoms with Gasteiger partial charge in [-0.25, -0.2) is 23.7 Å². The summed E-state index contributed by atoms with van der Waals surface area (Å²) in [5.41, 5.74) is 7.09. The van der Waals surface area contributed by atoms with Crippen molar-refractivity contribution in [3.63, 3.8) is 0 Å². The Hall–Kier alpha value is -2.87. The van der Waals surface area contributed by atoms with Crippen molar-refractivity contribution in [3.05, 3.63) is 52.0 Å². The van der Waals surface area contributed by atoms with E-state index in [1.807, 2.05) is 13.8 Å². The van der Waals surface area contributed by atoms with Crippen LogP contribution < -0.4 is 10.5 Å². The Labute approximate surface area is 272 Å². The zero-order chi connectivity index (χ0) is 35.6. The van der Waals surface area contributed by atoms with E-state index in [1.165, 1.54) is 24.1 Å². The minimum Gasteiger partial charge on any atom is -0.497 e. The lowest BCUT2D eigenvalue weighted by atomic mass is 9.97. The minimum atomic E-state index is -5.74. The van der Waals surface area contributed by atoms with Crippen LogP contribution in [-0.4, -0.2) is 70.1 Å². The summed E-state index contributed by atoms with van der Waals surface area (Å²) in [4.78, 5) is 56.2. The number of nitro benzene ring substituents is 1. The molecule has 1 aromatic carbocycles. The summed E-state index contributed by atoms with van der Waals surface area (Å²) in [6, 6.07) is 4.48. The van der Waals surface area contributed by atoms with Gasteiger partial charge in [-0.3, -0.25) is 14.6 Å². The third kappa shape index (κ3) is 9.64. The van der Waals surface area contributed by atoms with Crippen molar-refractivity contribution in [2.45, 2.75) is 57.8 Å². The van der Waals surface area contributed by atoms with Gasteiger partial charge in [-0.1, -0.05) is 13.8 Å². The number of nitrogens with two attached hydrogens (primary N) is 1. The van der Waals surface area contributed by atoms with E-state index in [2.05, 4.69) is 23.1 Å². The molecule has 1 saturated heterocycles. The number of nitrogens with zero attached hydrogens (tertiary/aromatic N) is 4. The highest BCUT2D eigenvalue weighted by atomic mass is 31.3. The number of fused-ring (bicyclic) bond motifs is 1. The summed E-state index contributed by atoms with van der Waals surface area (Å²) in [6.45, 7) is 2.90. The maximum Gasteiger partial charge on any atom is 0.490 e. The molecule has 21 nitrogen and oxygen atoms in total. The third-order valence-electron chi connectivity index (χ3n) is 6.96. The lowest BCUT2D eigenvalue weighted by Gasteiger charge is -2.20. The van der Waals surface area contributed by atoms with Crippen molar-refractivity contribution >= 4 is 46.0 Å². The fourth-order valence-corrected chi connectivity index (χ4v) is 8.04. The van der Waals surface area contributed by atoms with Crippen LogP contribution in [0.2, 0.25) is 0 Å². The van der Waals surface area contributed by atoms with Crippen molar-refractivity contribution in [1.29, 1.82) is 0 Å². The Bertz CT molecular complexity index is 1780. The number of nitrogen functional groups attached to an aromatic ring is 1. The maximum atomic E-state index is 12.1. The van der Waals surface area contributed by atoms with E-state index < -0.39 is 59.5 Å². The van der Waals surface area contributed by atoms with Crippen molar-refractivity contribution in [3.8, 4) is 5.75 Å². The molecule has 1 fully saturated rings. The Morgan fingerprint density at radius 2 is 1.85 bits per heavy atom. The van der Waals surface area contributed by atoms with Gasteiger partial charge in [0.1, 0.15) is 35.9 Å². The molecule has 0 radical (unpaired) electrons. The molecule has 0 aliphatic carbocycles. The van der Waals surface area contributed by atoms with Crippen LogP contribution in [0.4, 0.5) is 11.5 Å². The summed E-state index contributed by atoms with van der Waals surface area (Å²) in [5, 5.41) is 22.9. The average Bonchev–Trinajstić information content (AvgIpc) is 3.52. The van der Waals surface area contributed by atoms with Crippen molar-refractivity contribution in [2.75, 3.05) is 19.5 Å². The molecular weight excluding hydrogens is 707 g/mol. The van der Waals surface area contributed by atoms with Crippen LogP contribution in [-0.2, 0) is 42.9 Å². The smallest absolute Gasteiger partial charge is 0.490 e. The zero-order valence-electron chi connectivity index (χ0n) is 25.5. The molecule has 3 aromatic rings. The predicted molar refractivity (Wildman–Crippen MR) is 163 cm³/mol. The second-order valence-electron chi connectivity index (χ2n) is 10.9. The van der Waals surface area contributed by atoms with E-state index in [0.717, 1.165) is 0 Å². The molecule has 24 heteroatoms. The molecule has 7 N–H and O–H groups in total. The number of phosphoric acid groups is 3.